The Hall–Kier alpha value is -2.71. The molecular weight excluding hydrogens is 546 g/mol. The highest BCUT2D eigenvalue weighted by molar-refractivity contribution is 9.10. The number of nitrogens with one attached hydrogen (secondary N) is 1. The van der Waals surface area contributed by atoms with E-state index in [4.69, 9.17) is 28.6 Å². The van der Waals surface area contributed by atoms with Crippen molar-refractivity contribution in [3.05, 3.63) is 93.0 Å². The number of fused-ring (bicyclic) bond motifs is 3. The van der Waals surface area contributed by atoms with Crippen molar-refractivity contribution >= 4 is 67.7 Å². The number of carbonyl (C=O) groups is 1. The van der Waals surface area contributed by atoms with Gasteiger partial charge < -0.3 is 9.72 Å². The number of halogens is 2. The first-order chi connectivity index (χ1) is 16.9. The maximum Gasteiger partial charge on any atom is 0.249 e. The van der Waals surface area contributed by atoms with Crippen LogP contribution in [0.5, 0.6) is 5.75 Å². The molecule has 0 radical (unpaired) electrons. The van der Waals surface area contributed by atoms with Crippen LogP contribution in [-0.4, -0.2) is 41.5 Å². The largest absolute Gasteiger partial charge is 0.497 e. The third kappa shape index (κ3) is 4.27. The number of H-pyrrole nitrogens is 1. The second kappa shape index (κ2) is 9.74. The van der Waals surface area contributed by atoms with E-state index >= 15 is 0 Å². The van der Waals surface area contributed by atoms with Gasteiger partial charge in [-0.25, -0.2) is 0 Å². The summed E-state index contributed by atoms with van der Waals surface area (Å²) in [7, 11) is 3.63. The van der Waals surface area contributed by atoms with Crippen LogP contribution in [0.3, 0.4) is 0 Å². The summed E-state index contributed by atoms with van der Waals surface area (Å²) < 4.78 is 6.36. The molecule has 2 atom stereocenters. The number of aromatic amines is 1. The molecule has 4 aromatic rings. The van der Waals surface area contributed by atoms with E-state index in [0.29, 0.717) is 17.1 Å². The fraction of sp³-hybridized carbons (Fsp3) is 0.185. The topological polar surface area (TPSA) is 48.6 Å². The number of likely N-dealkylation sites (N-methyl/N-ethyl adjacent to an activating group) is 1. The zero-order valence-corrected chi connectivity index (χ0v) is 22.3. The van der Waals surface area contributed by atoms with Gasteiger partial charge in [0.2, 0.25) is 5.91 Å². The third-order valence-corrected chi connectivity index (χ3v) is 7.67. The van der Waals surface area contributed by atoms with E-state index < -0.39 is 6.04 Å². The number of methoxy groups -OCH3 is 1. The smallest absolute Gasteiger partial charge is 0.249 e. The third-order valence-electron chi connectivity index (χ3n) is 6.64. The quantitative estimate of drug-likeness (QED) is 0.278. The molecule has 35 heavy (non-hydrogen) atoms. The second-order valence-corrected chi connectivity index (χ2v) is 10.1. The molecule has 0 fully saturated rings. The van der Waals surface area contributed by atoms with E-state index in [9.17, 15) is 4.79 Å². The molecule has 0 saturated carbocycles. The number of thiocarbonyl (C=S) groups is 1. The van der Waals surface area contributed by atoms with Gasteiger partial charge in [-0.2, -0.15) is 0 Å². The van der Waals surface area contributed by atoms with Gasteiger partial charge in [0.1, 0.15) is 5.75 Å². The molecule has 178 valence electrons. The van der Waals surface area contributed by atoms with Crippen LogP contribution in [0.25, 0.3) is 10.9 Å². The molecule has 0 bridgehead atoms. The maximum absolute atomic E-state index is 14.0. The molecule has 5 rings (SSSR count). The molecular formula is C27H23BrClN3O2S. The van der Waals surface area contributed by atoms with Crippen molar-refractivity contribution in [2.75, 3.05) is 19.1 Å². The average Bonchev–Trinajstić information content (AvgIpc) is 3.22. The Labute approximate surface area is 222 Å². The van der Waals surface area contributed by atoms with Crippen LogP contribution >= 0.6 is 39.7 Å². The van der Waals surface area contributed by atoms with E-state index in [2.05, 4.69) is 37.9 Å². The second-order valence-electron chi connectivity index (χ2n) is 8.53. The number of para-hydroxylation sites is 1. The van der Waals surface area contributed by atoms with Crippen LogP contribution in [-0.2, 0) is 11.2 Å². The molecule has 0 spiro atoms. The Bertz CT molecular complexity index is 1420. The van der Waals surface area contributed by atoms with Gasteiger partial charge in [-0.3, -0.25) is 14.6 Å². The lowest BCUT2D eigenvalue weighted by molar-refractivity contribution is -0.123. The van der Waals surface area contributed by atoms with Crippen LogP contribution in [0.4, 0.5) is 5.69 Å². The van der Waals surface area contributed by atoms with Crippen molar-refractivity contribution in [2.45, 2.75) is 18.5 Å². The lowest BCUT2D eigenvalue weighted by atomic mass is 9.88. The Balaban J connectivity index is 1.64. The van der Waals surface area contributed by atoms with Gasteiger partial charge in [0.25, 0.3) is 0 Å². The molecule has 1 aromatic heterocycles. The summed E-state index contributed by atoms with van der Waals surface area (Å²) in [5.41, 5.74) is 6.26. The van der Waals surface area contributed by atoms with Crippen LogP contribution < -0.4 is 9.64 Å². The Morgan fingerprint density at radius 3 is 2.63 bits per heavy atom. The average molecular weight is 569 g/mol. The SMILES string of the molecule is COc1ccc(C2c3[nH]c4ccc(Br)cc4c3CC(C(=O)N(C=S)c3ccccc3Cl)N2C)cc1. The summed E-state index contributed by atoms with van der Waals surface area (Å²) in [6.07, 6.45) is 0.540. The minimum Gasteiger partial charge on any atom is -0.497 e. The van der Waals surface area contributed by atoms with Gasteiger partial charge in [-0.15, -0.1) is 0 Å². The number of aromatic nitrogens is 1. The summed E-state index contributed by atoms with van der Waals surface area (Å²) in [6.45, 7) is 0. The van der Waals surface area contributed by atoms with Crippen LogP contribution in [0.15, 0.2) is 71.2 Å². The van der Waals surface area contributed by atoms with Gasteiger partial charge in [0.15, 0.2) is 0 Å². The van der Waals surface area contributed by atoms with Crippen molar-refractivity contribution in [3.63, 3.8) is 0 Å². The lowest BCUT2D eigenvalue weighted by Gasteiger charge is -2.40. The zero-order chi connectivity index (χ0) is 24.7. The van der Waals surface area contributed by atoms with E-state index in [1.165, 1.54) is 10.4 Å². The summed E-state index contributed by atoms with van der Waals surface area (Å²) in [5.74, 6) is 0.662. The molecule has 0 saturated heterocycles. The van der Waals surface area contributed by atoms with Crippen LogP contribution in [0, 0.1) is 0 Å². The van der Waals surface area contributed by atoms with E-state index in [1.54, 1.807) is 19.2 Å². The van der Waals surface area contributed by atoms with Crippen molar-refractivity contribution < 1.29 is 9.53 Å². The fourth-order valence-corrected chi connectivity index (χ4v) is 5.70. The molecule has 1 aliphatic rings. The number of amides is 1. The fourth-order valence-electron chi connectivity index (χ4n) is 4.90. The highest BCUT2D eigenvalue weighted by Crippen LogP contribution is 2.41. The molecule has 2 unspecified atom stereocenters. The molecule has 1 amide bonds. The molecule has 2 heterocycles. The summed E-state index contributed by atoms with van der Waals surface area (Å²) in [6, 6.07) is 20.8. The van der Waals surface area contributed by atoms with E-state index in [-0.39, 0.29) is 11.9 Å². The Morgan fingerprint density at radius 1 is 1.20 bits per heavy atom. The number of carbonyl (C=O) groups excluding carboxylic acids is 1. The molecule has 8 heteroatoms. The molecule has 0 aliphatic carbocycles. The summed E-state index contributed by atoms with van der Waals surface area (Å²) >= 11 is 15.3. The lowest BCUT2D eigenvalue weighted by Crippen LogP contribution is -2.51. The standard InChI is InChI=1S/C27H23BrClN3O2S/c1-31-24(27(33)32(15-35)23-6-4-3-5-21(23)29)14-20-19-13-17(28)9-12-22(19)30-25(20)26(31)16-7-10-18(34-2)11-8-16/h3-13,15,24,26,30H,14H2,1-2H3. The minimum atomic E-state index is -0.456. The molecule has 3 aromatic carbocycles. The van der Waals surface area contributed by atoms with Crippen molar-refractivity contribution in [1.82, 2.24) is 9.88 Å². The van der Waals surface area contributed by atoms with E-state index in [0.717, 1.165) is 37.9 Å². The number of ether oxygens (including phenoxy) is 1. The zero-order valence-electron chi connectivity index (χ0n) is 19.2. The first-order valence-corrected chi connectivity index (χ1v) is 12.8. The van der Waals surface area contributed by atoms with Crippen molar-refractivity contribution in [3.8, 4) is 5.75 Å². The predicted molar refractivity (Wildman–Crippen MR) is 149 cm³/mol. The molecule has 5 nitrogen and oxygen atoms in total. The van der Waals surface area contributed by atoms with Gasteiger partial charge in [0.05, 0.1) is 35.4 Å². The van der Waals surface area contributed by atoms with E-state index in [1.807, 2.05) is 49.5 Å². The first kappa shape index (κ1) is 24.0. The van der Waals surface area contributed by atoms with Gasteiger partial charge in [-0.05, 0) is 67.1 Å². The predicted octanol–water partition coefficient (Wildman–Crippen LogP) is 6.53. The van der Waals surface area contributed by atoms with Crippen molar-refractivity contribution in [2.24, 2.45) is 0 Å². The number of nitrogens with zero attached hydrogens (tertiary/aromatic N) is 2. The Kier molecular flexibility index (Phi) is 6.68. The number of anilines is 1. The van der Waals surface area contributed by atoms with Crippen LogP contribution in [0.1, 0.15) is 22.9 Å². The summed E-state index contributed by atoms with van der Waals surface area (Å²) in [5, 5.41) is 1.58. The number of hydrogen-bond acceptors (Lipinski definition) is 4. The molecule has 1 aliphatic heterocycles. The summed E-state index contributed by atoms with van der Waals surface area (Å²) in [4.78, 5) is 21.2. The highest BCUT2D eigenvalue weighted by atomic mass is 79.9. The number of hydrogen-bond donors (Lipinski definition) is 1. The van der Waals surface area contributed by atoms with Crippen LogP contribution in [0.2, 0.25) is 5.02 Å². The first-order valence-electron chi connectivity index (χ1n) is 11.1. The van der Waals surface area contributed by atoms with Gasteiger partial charge >= 0.3 is 0 Å². The minimum absolute atomic E-state index is 0.121. The Morgan fingerprint density at radius 2 is 1.94 bits per heavy atom. The normalized spacial score (nSPS) is 17.7. The van der Waals surface area contributed by atoms with Gasteiger partial charge in [-0.1, -0.05) is 64.0 Å². The number of rotatable bonds is 5. The highest BCUT2D eigenvalue weighted by Gasteiger charge is 2.40. The number of benzene rings is 3. The van der Waals surface area contributed by atoms with Gasteiger partial charge in [0, 0.05) is 21.1 Å². The molecule has 1 N–H and O–H groups in total. The maximum atomic E-state index is 14.0. The monoisotopic (exact) mass is 567 g/mol. The van der Waals surface area contributed by atoms with Crippen molar-refractivity contribution in [1.29, 1.82) is 0 Å².